The van der Waals surface area contributed by atoms with Crippen molar-refractivity contribution in [3.63, 3.8) is 0 Å². The highest BCUT2D eigenvalue weighted by Crippen LogP contribution is 2.37. The van der Waals surface area contributed by atoms with Crippen LogP contribution >= 0.6 is 0 Å². The third kappa shape index (κ3) is 11.3. The van der Waals surface area contributed by atoms with Crippen molar-refractivity contribution < 1.29 is 51.8 Å². The lowest BCUT2D eigenvalue weighted by molar-refractivity contribution is -0.134. The predicted molar refractivity (Wildman–Crippen MR) is 265 cm³/mol. The summed E-state index contributed by atoms with van der Waals surface area (Å²) in [6, 6.07) is 35.7. The zero-order chi connectivity index (χ0) is 50.9. The molecule has 2 aliphatic carbocycles. The fourth-order valence-electron chi connectivity index (χ4n) is 10.9. The largest absolute Gasteiger partial charge is 0.489 e. The average molecular weight is 993 g/mol. The van der Waals surface area contributed by atoms with Crippen molar-refractivity contribution in [2.75, 3.05) is 26.2 Å². The Morgan fingerprint density at radius 3 is 1.47 bits per heavy atom. The Balaban J connectivity index is 0.000000169. The number of benzene rings is 5. The topological polar surface area (TPSA) is 143 Å². The van der Waals surface area contributed by atoms with Crippen molar-refractivity contribution in [3.05, 3.63) is 160 Å². The molecule has 15 heteroatoms. The van der Waals surface area contributed by atoms with Crippen LogP contribution in [-0.4, -0.2) is 104 Å². The van der Waals surface area contributed by atoms with Gasteiger partial charge in [0, 0.05) is 74.2 Å². The standard InChI is InChI=1S/C32H32N2O5.C26H26F2N2O4/c1-32(39-25-6-3-2-4-7-25)20-33(21-32)17-22-10-12-23(13-11-22)19-38-30-9-5-8-26-27(30)18-34(31(26)37)28-15-14-24(35)16-29(28)36;27-26(28)10-11-29(16-26)13-17-4-6-18(7-5-17)15-34-24-3-1-2-20-21(24)14-30(25(20)33)22-9-8-19(31)12-23(22)32/h2-13,28H,14-21H2,1H3;1-7,22H,8-16H2. The summed E-state index contributed by atoms with van der Waals surface area (Å²) in [7, 11) is 0. The van der Waals surface area contributed by atoms with E-state index in [-0.39, 0.29) is 72.9 Å². The number of nitrogens with zero attached hydrogens (tertiary/aromatic N) is 4. The normalized spacial score (nSPS) is 21.4. The third-order valence-corrected chi connectivity index (χ3v) is 14.7. The van der Waals surface area contributed by atoms with E-state index in [9.17, 15) is 37.5 Å². The van der Waals surface area contributed by atoms with Gasteiger partial charge in [0.25, 0.3) is 17.7 Å². The zero-order valence-corrected chi connectivity index (χ0v) is 40.9. The van der Waals surface area contributed by atoms with Crippen molar-refractivity contribution >= 4 is 34.9 Å². The lowest BCUT2D eigenvalue weighted by atomic mass is 9.92. The van der Waals surface area contributed by atoms with Gasteiger partial charge in [-0.2, -0.15) is 0 Å². The molecule has 2 saturated carbocycles. The Morgan fingerprint density at radius 1 is 0.548 bits per heavy atom. The van der Waals surface area contributed by atoms with Crippen LogP contribution in [0, 0.1) is 0 Å². The maximum atomic E-state index is 13.4. The summed E-state index contributed by atoms with van der Waals surface area (Å²) in [6.07, 6.45) is 1.15. The molecule has 5 aromatic carbocycles. The first-order valence-corrected chi connectivity index (χ1v) is 25.1. The van der Waals surface area contributed by atoms with Crippen molar-refractivity contribution in [2.45, 2.75) is 115 Å². The summed E-state index contributed by atoms with van der Waals surface area (Å²) in [6.45, 7) is 6.76. The van der Waals surface area contributed by atoms with Crippen LogP contribution in [0.4, 0.5) is 8.78 Å². The number of para-hydroxylation sites is 1. The number of alkyl halides is 2. The number of rotatable bonds is 14. The lowest BCUT2D eigenvalue weighted by Gasteiger charge is -2.47. The molecule has 0 N–H and O–H groups in total. The molecule has 4 fully saturated rings. The van der Waals surface area contributed by atoms with E-state index >= 15 is 0 Å². The Morgan fingerprint density at radius 2 is 1.01 bits per heavy atom. The van der Waals surface area contributed by atoms with Crippen LogP contribution in [0.3, 0.4) is 0 Å². The maximum absolute atomic E-state index is 13.4. The van der Waals surface area contributed by atoms with E-state index in [0.29, 0.717) is 81.2 Å². The average Bonchev–Trinajstić information content (AvgIpc) is 4.01. The van der Waals surface area contributed by atoms with Crippen molar-refractivity contribution in [1.29, 1.82) is 0 Å². The summed E-state index contributed by atoms with van der Waals surface area (Å²) in [4.78, 5) is 81.3. The number of Topliss-reactive ketones (excluding diaryl/α,β-unsaturated/α-hetero) is 4. The molecule has 378 valence electrons. The number of hydrogen-bond donors (Lipinski definition) is 0. The summed E-state index contributed by atoms with van der Waals surface area (Å²) in [5, 5.41) is 0. The molecule has 4 aliphatic heterocycles. The minimum atomic E-state index is -2.59. The first-order chi connectivity index (χ1) is 35.2. The third-order valence-electron chi connectivity index (χ3n) is 14.7. The molecule has 2 amide bonds. The second-order valence-electron chi connectivity index (χ2n) is 20.4. The number of halogens is 2. The van der Waals surface area contributed by atoms with Gasteiger partial charge < -0.3 is 24.0 Å². The molecule has 2 unspecified atom stereocenters. The molecule has 73 heavy (non-hydrogen) atoms. The minimum Gasteiger partial charge on any atom is -0.489 e. The van der Waals surface area contributed by atoms with Crippen LogP contribution in [0.25, 0.3) is 0 Å². The number of hydrogen-bond acceptors (Lipinski definition) is 11. The number of amides is 2. The number of carbonyl (C=O) groups excluding carboxylic acids is 6. The molecule has 2 saturated heterocycles. The van der Waals surface area contributed by atoms with Crippen LogP contribution in [0.15, 0.2) is 115 Å². The fraction of sp³-hybridized carbons (Fsp3) is 0.379. The highest BCUT2D eigenvalue weighted by atomic mass is 19.3. The molecule has 5 aromatic rings. The van der Waals surface area contributed by atoms with Gasteiger partial charge in [0.2, 0.25) is 0 Å². The van der Waals surface area contributed by atoms with Gasteiger partial charge in [-0.05, 0) is 78.4 Å². The van der Waals surface area contributed by atoms with Gasteiger partial charge in [-0.1, -0.05) is 78.9 Å². The van der Waals surface area contributed by atoms with E-state index in [2.05, 4.69) is 36.1 Å². The van der Waals surface area contributed by atoms with E-state index in [1.54, 1.807) is 32.9 Å². The van der Waals surface area contributed by atoms with Gasteiger partial charge >= 0.3 is 0 Å². The Bertz CT molecular complexity index is 2920. The Hall–Kier alpha value is -7.10. The monoisotopic (exact) mass is 992 g/mol. The van der Waals surface area contributed by atoms with Gasteiger partial charge in [0.05, 0.1) is 44.6 Å². The molecule has 6 aliphatic rings. The fourth-order valence-corrected chi connectivity index (χ4v) is 10.9. The first kappa shape index (κ1) is 49.5. The molecule has 0 radical (unpaired) electrons. The van der Waals surface area contributed by atoms with Crippen molar-refractivity contribution in [1.82, 2.24) is 19.6 Å². The van der Waals surface area contributed by atoms with Crippen LogP contribution in [0.2, 0.25) is 0 Å². The van der Waals surface area contributed by atoms with Crippen LogP contribution in [0.1, 0.15) is 106 Å². The summed E-state index contributed by atoms with van der Waals surface area (Å²) in [5.41, 5.74) is 6.67. The molecular formula is C58H58F2N4O9. The Kier molecular flexibility index (Phi) is 14.1. The van der Waals surface area contributed by atoms with Gasteiger partial charge in [0.1, 0.15) is 47.6 Å². The van der Waals surface area contributed by atoms with E-state index in [1.807, 2.05) is 72.8 Å². The second-order valence-corrected chi connectivity index (χ2v) is 20.4. The van der Waals surface area contributed by atoms with Gasteiger partial charge in [0.15, 0.2) is 11.6 Å². The lowest BCUT2D eigenvalue weighted by Crippen LogP contribution is -2.62. The molecule has 4 heterocycles. The predicted octanol–water partition coefficient (Wildman–Crippen LogP) is 8.32. The molecule has 2 atom stereocenters. The molecule has 0 aromatic heterocycles. The second kappa shape index (κ2) is 20.8. The quantitative estimate of drug-likeness (QED) is 0.0992. The molecule has 13 nitrogen and oxygen atoms in total. The number of likely N-dealkylation sites (tertiary alicyclic amines) is 2. The zero-order valence-electron chi connectivity index (χ0n) is 40.9. The van der Waals surface area contributed by atoms with Gasteiger partial charge in [-0.3, -0.25) is 38.6 Å². The van der Waals surface area contributed by atoms with Gasteiger partial charge in [-0.25, -0.2) is 8.78 Å². The number of ketones is 4. The van der Waals surface area contributed by atoms with Crippen LogP contribution in [0.5, 0.6) is 17.2 Å². The molecular weight excluding hydrogens is 935 g/mol. The van der Waals surface area contributed by atoms with Crippen LogP contribution in [-0.2, 0) is 58.6 Å². The summed E-state index contributed by atoms with van der Waals surface area (Å²) in [5.74, 6) is -1.28. The van der Waals surface area contributed by atoms with E-state index in [1.165, 1.54) is 5.56 Å². The highest BCUT2D eigenvalue weighted by Gasteiger charge is 2.43. The van der Waals surface area contributed by atoms with Crippen molar-refractivity contribution in [2.24, 2.45) is 0 Å². The van der Waals surface area contributed by atoms with Gasteiger partial charge in [-0.15, -0.1) is 0 Å². The summed E-state index contributed by atoms with van der Waals surface area (Å²) >= 11 is 0. The van der Waals surface area contributed by atoms with Crippen molar-refractivity contribution in [3.8, 4) is 17.2 Å². The molecule has 11 rings (SSSR count). The smallest absolute Gasteiger partial charge is 0.261 e. The number of fused-ring (bicyclic) bond motifs is 2. The molecule has 0 spiro atoms. The molecule has 0 bridgehead atoms. The minimum absolute atomic E-state index is 0.0455. The summed E-state index contributed by atoms with van der Waals surface area (Å²) < 4.78 is 45.2. The van der Waals surface area contributed by atoms with E-state index < -0.39 is 18.0 Å². The number of ether oxygens (including phenoxy) is 3. The number of carbonyl (C=O) groups is 6. The maximum Gasteiger partial charge on any atom is 0.261 e. The van der Waals surface area contributed by atoms with Crippen LogP contribution < -0.4 is 14.2 Å². The highest BCUT2D eigenvalue weighted by molar-refractivity contribution is 6.08. The SMILES string of the molecule is CC1(Oc2ccccc2)CN(Cc2ccc(COc3cccc4c3CN(C3CCC(=O)CC3=O)C4=O)cc2)C1.O=C1CCC(N2Cc3c(OCc4ccc(CN5CCC(F)(F)C5)cc4)cccc3C2=O)C(=O)C1. The first-order valence-electron chi connectivity index (χ1n) is 25.1. The van der Waals surface area contributed by atoms with E-state index in [0.717, 1.165) is 53.2 Å². The van der Waals surface area contributed by atoms with E-state index in [4.69, 9.17) is 14.2 Å². The Labute approximate surface area is 423 Å².